The van der Waals surface area contributed by atoms with Gasteiger partial charge in [-0.1, -0.05) is 19.3 Å². The molecule has 5 rings (SSSR count). The van der Waals surface area contributed by atoms with Gasteiger partial charge < -0.3 is 10.1 Å². The van der Waals surface area contributed by atoms with Crippen molar-refractivity contribution in [2.75, 3.05) is 18.5 Å². The molecule has 198 valence electrons. The van der Waals surface area contributed by atoms with Crippen LogP contribution >= 0.6 is 11.9 Å². The second-order valence-corrected chi connectivity index (χ2v) is 10.2. The highest BCUT2D eigenvalue weighted by molar-refractivity contribution is 7.97. The number of nitrogens with zero attached hydrogens (tertiary/aromatic N) is 4. The first-order valence-electron chi connectivity index (χ1n) is 12.4. The van der Waals surface area contributed by atoms with Crippen molar-refractivity contribution in [2.24, 2.45) is 0 Å². The van der Waals surface area contributed by atoms with Crippen LogP contribution in [0.25, 0.3) is 11.3 Å². The SMILES string of the molecule is Fc1cc(SNC2CCCCC2)ccc1Nc1ncc(C(F)(F)F)c(-c2cnn(C3CCOCC3)c2)n1. The summed E-state index contributed by atoms with van der Waals surface area (Å²) in [4.78, 5) is 8.65. The summed E-state index contributed by atoms with van der Waals surface area (Å²) >= 11 is 1.38. The molecule has 2 aromatic heterocycles. The fraction of sp³-hybridized carbons (Fsp3) is 0.480. The molecular formula is C25H28F4N6OS. The molecule has 2 fully saturated rings. The summed E-state index contributed by atoms with van der Waals surface area (Å²) in [5.74, 6) is -0.686. The predicted octanol–water partition coefficient (Wildman–Crippen LogP) is 6.52. The molecule has 3 heterocycles. The van der Waals surface area contributed by atoms with Crippen LogP contribution in [0, 0.1) is 5.82 Å². The molecule has 0 amide bonds. The standard InChI is InChI=1S/C25H28F4N6OS/c26-21-12-19(37-34-17-4-2-1-3-5-17)6-7-22(21)32-24-30-14-20(25(27,28)29)23(33-24)16-13-31-35(15-16)18-8-10-36-11-9-18/h6-7,12-15,17-18,34H,1-5,8-11H2,(H,30,32,33). The van der Waals surface area contributed by atoms with Gasteiger partial charge >= 0.3 is 6.18 Å². The third-order valence-corrected chi connectivity index (χ3v) is 7.61. The third-order valence-electron chi connectivity index (χ3n) is 6.67. The summed E-state index contributed by atoms with van der Waals surface area (Å²) < 4.78 is 66.5. The van der Waals surface area contributed by atoms with Crippen molar-refractivity contribution in [3.8, 4) is 11.3 Å². The molecular weight excluding hydrogens is 508 g/mol. The molecule has 37 heavy (non-hydrogen) atoms. The molecule has 0 bridgehead atoms. The highest BCUT2D eigenvalue weighted by atomic mass is 32.2. The predicted molar refractivity (Wildman–Crippen MR) is 133 cm³/mol. The number of halogens is 4. The average molecular weight is 537 g/mol. The Balaban J connectivity index is 1.34. The highest BCUT2D eigenvalue weighted by Crippen LogP contribution is 2.37. The molecule has 2 N–H and O–H groups in total. The van der Waals surface area contributed by atoms with Crippen LogP contribution in [0.5, 0.6) is 0 Å². The Morgan fingerprint density at radius 3 is 2.54 bits per heavy atom. The molecule has 0 atom stereocenters. The van der Waals surface area contributed by atoms with Crippen LogP contribution < -0.4 is 10.0 Å². The lowest BCUT2D eigenvalue weighted by Gasteiger charge is -2.22. The minimum Gasteiger partial charge on any atom is -0.381 e. The number of anilines is 2. The summed E-state index contributed by atoms with van der Waals surface area (Å²) in [6.07, 6.45) is 6.29. The summed E-state index contributed by atoms with van der Waals surface area (Å²) in [6.45, 7) is 1.16. The fourth-order valence-corrected chi connectivity index (χ4v) is 5.47. The van der Waals surface area contributed by atoms with E-state index in [0.29, 0.717) is 30.3 Å². The quantitative estimate of drug-likeness (QED) is 0.263. The van der Waals surface area contributed by atoms with Crippen molar-refractivity contribution in [1.29, 1.82) is 0 Å². The molecule has 7 nitrogen and oxygen atoms in total. The summed E-state index contributed by atoms with van der Waals surface area (Å²) in [5.41, 5.74) is -1.01. The minimum absolute atomic E-state index is 0.0503. The maximum Gasteiger partial charge on any atom is 0.419 e. The Labute approximate surface area is 216 Å². The molecule has 1 aliphatic carbocycles. The smallest absolute Gasteiger partial charge is 0.381 e. The zero-order valence-corrected chi connectivity index (χ0v) is 20.9. The van der Waals surface area contributed by atoms with Gasteiger partial charge in [0.2, 0.25) is 5.95 Å². The number of rotatable bonds is 7. The zero-order chi connectivity index (χ0) is 25.8. The van der Waals surface area contributed by atoms with Crippen LogP contribution in [0.4, 0.5) is 29.2 Å². The molecule has 0 radical (unpaired) electrons. The number of ether oxygens (including phenoxy) is 1. The van der Waals surface area contributed by atoms with E-state index >= 15 is 0 Å². The lowest BCUT2D eigenvalue weighted by molar-refractivity contribution is -0.137. The van der Waals surface area contributed by atoms with Crippen LogP contribution in [0.3, 0.4) is 0 Å². The fourth-order valence-electron chi connectivity index (χ4n) is 4.63. The van der Waals surface area contributed by atoms with Crippen molar-refractivity contribution in [2.45, 2.75) is 68.1 Å². The van der Waals surface area contributed by atoms with E-state index in [1.165, 1.54) is 49.5 Å². The molecule has 0 unspecified atom stereocenters. The van der Waals surface area contributed by atoms with Gasteiger partial charge in [-0.05, 0) is 55.8 Å². The number of hydrogen-bond acceptors (Lipinski definition) is 7. The first-order chi connectivity index (χ1) is 17.9. The second-order valence-electron chi connectivity index (χ2n) is 9.33. The van der Waals surface area contributed by atoms with Gasteiger partial charge in [0, 0.05) is 42.1 Å². The van der Waals surface area contributed by atoms with Gasteiger partial charge in [0.25, 0.3) is 0 Å². The number of aromatic nitrogens is 4. The third kappa shape index (κ3) is 6.42. The molecule has 0 spiro atoms. The van der Waals surface area contributed by atoms with Crippen molar-refractivity contribution < 1.29 is 22.3 Å². The van der Waals surface area contributed by atoms with Crippen LogP contribution in [-0.2, 0) is 10.9 Å². The van der Waals surface area contributed by atoms with Gasteiger partial charge in [-0.15, -0.1) is 0 Å². The van der Waals surface area contributed by atoms with E-state index in [4.69, 9.17) is 4.74 Å². The van der Waals surface area contributed by atoms with Crippen LogP contribution in [-0.4, -0.2) is 39.0 Å². The number of benzene rings is 1. The summed E-state index contributed by atoms with van der Waals surface area (Å²) in [5, 5.41) is 7.00. The maximum absolute atomic E-state index is 14.8. The van der Waals surface area contributed by atoms with E-state index in [1.54, 1.807) is 16.9 Å². The van der Waals surface area contributed by atoms with Gasteiger partial charge in [0.1, 0.15) is 11.4 Å². The lowest BCUT2D eigenvalue weighted by Crippen LogP contribution is -2.25. The van der Waals surface area contributed by atoms with Crippen molar-refractivity contribution in [3.05, 3.63) is 48.2 Å². The molecule has 3 aromatic rings. The average Bonchev–Trinajstić information content (AvgIpc) is 3.40. The van der Waals surface area contributed by atoms with Crippen LogP contribution in [0.2, 0.25) is 0 Å². The summed E-state index contributed by atoms with van der Waals surface area (Å²) in [6, 6.07) is 5.12. The normalized spacial score (nSPS) is 17.7. The van der Waals surface area contributed by atoms with Gasteiger partial charge in [-0.25, -0.2) is 14.4 Å². The molecule has 2 aliphatic rings. The topological polar surface area (TPSA) is 76.9 Å². The summed E-state index contributed by atoms with van der Waals surface area (Å²) in [7, 11) is 0. The number of alkyl halides is 3. The Morgan fingerprint density at radius 1 is 1.03 bits per heavy atom. The van der Waals surface area contributed by atoms with Crippen molar-refractivity contribution in [1.82, 2.24) is 24.5 Å². The van der Waals surface area contributed by atoms with Crippen molar-refractivity contribution in [3.63, 3.8) is 0 Å². The maximum atomic E-state index is 14.8. The van der Waals surface area contributed by atoms with E-state index in [2.05, 4.69) is 25.1 Å². The van der Waals surface area contributed by atoms with Gasteiger partial charge in [-0.2, -0.15) is 18.3 Å². The van der Waals surface area contributed by atoms with Gasteiger partial charge in [0.05, 0.1) is 23.6 Å². The molecule has 1 aromatic carbocycles. The number of nitrogens with one attached hydrogen (secondary N) is 2. The van der Waals surface area contributed by atoms with Gasteiger partial charge in [-0.3, -0.25) is 9.40 Å². The molecule has 12 heteroatoms. The molecule has 1 aliphatic heterocycles. The lowest BCUT2D eigenvalue weighted by atomic mass is 9.96. The van der Waals surface area contributed by atoms with Gasteiger partial charge in [0.15, 0.2) is 0 Å². The molecule has 1 saturated carbocycles. The minimum atomic E-state index is -4.66. The van der Waals surface area contributed by atoms with E-state index in [-0.39, 0.29) is 28.9 Å². The van der Waals surface area contributed by atoms with E-state index < -0.39 is 17.6 Å². The Hall–Kier alpha value is -2.70. The van der Waals surface area contributed by atoms with Crippen LogP contribution in [0.1, 0.15) is 56.6 Å². The van der Waals surface area contributed by atoms with E-state index in [0.717, 1.165) is 25.7 Å². The number of hydrogen-bond donors (Lipinski definition) is 2. The Kier molecular flexibility index (Phi) is 7.96. The Morgan fingerprint density at radius 2 is 1.81 bits per heavy atom. The molecule has 1 saturated heterocycles. The zero-order valence-electron chi connectivity index (χ0n) is 20.1. The Bertz CT molecular complexity index is 1210. The van der Waals surface area contributed by atoms with Crippen molar-refractivity contribution >= 4 is 23.6 Å². The highest BCUT2D eigenvalue weighted by Gasteiger charge is 2.36. The van der Waals surface area contributed by atoms with Crippen LogP contribution in [0.15, 0.2) is 41.7 Å². The van der Waals surface area contributed by atoms with E-state index in [1.807, 2.05) is 0 Å². The largest absolute Gasteiger partial charge is 0.419 e. The first kappa shape index (κ1) is 25.9. The second kappa shape index (κ2) is 11.4. The monoisotopic (exact) mass is 536 g/mol. The van der Waals surface area contributed by atoms with E-state index in [9.17, 15) is 17.6 Å². The first-order valence-corrected chi connectivity index (χ1v) is 13.2.